The van der Waals surface area contributed by atoms with Gasteiger partial charge < -0.3 is 11.1 Å². The van der Waals surface area contributed by atoms with Gasteiger partial charge in [-0.25, -0.2) is 0 Å². The summed E-state index contributed by atoms with van der Waals surface area (Å²) < 4.78 is 0. The maximum Gasteiger partial charge on any atom is 0.0639 e. The van der Waals surface area contributed by atoms with E-state index in [-0.39, 0.29) is 0 Å². The van der Waals surface area contributed by atoms with Gasteiger partial charge in [0.2, 0.25) is 0 Å². The van der Waals surface area contributed by atoms with E-state index in [0.717, 1.165) is 6.21 Å². The van der Waals surface area contributed by atoms with Gasteiger partial charge in [-0.2, -0.15) is 0 Å². The van der Waals surface area contributed by atoms with Gasteiger partial charge in [0.25, 0.3) is 0 Å². The van der Waals surface area contributed by atoms with Crippen LogP contribution >= 0.6 is 12.6 Å². The Labute approximate surface area is 42.0 Å². The number of rotatable bonds is 1. The average molecular weight is 102 g/mol. The molecule has 3 N–H and O–H groups in total. The van der Waals surface area contributed by atoms with Crippen LogP contribution in [0.25, 0.3) is 0 Å². The first-order valence-corrected chi connectivity index (χ1v) is 1.87. The van der Waals surface area contributed by atoms with E-state index >= 15 is 0 Å². The van der Waals surface area contributed by atoms with Gasteiger partial charge in [0.15, 0.2) is 0 Å². The molecule has 0 fully saturated rings. The number of hydrogen-bond donors (Lipinski definition) is 3. The molecule has 0 atom stereocenters. The smallest absolute Gasteiger partial charge is 0.0639 e. The summed E-state index contributed by atoms with van der Waals surface area (Å²) in [7, 11) is 0. The monoisotopic (exact) mass is 102 g/mol. The molecule has 0 radical (unpaired) electrons. The van der Waals surface area contributed by atoms with Crippen LogP contribution in [0.4, 0.5) is 0 Å². The predicted molar refractivity (Wildman–Crippen MR) is 30.0 cm³/mol. The van der Waals surface area contributed by atoms with Crippen molar-refractivity contribution in [3.05, 3.63) is 11.1 Å². The fourth-order valence-electron chi connectivity index (χ4n) is 0.0854. The summed E-state index contributed by atoms with van der Waals surface area (Å²) in [6.07, 6.45) is 2.48. The van der Waals surface area contributed by atoms with E-state index in [0.29, 0.717) is 5.03 Å². The molecule has 0 rings (SSSR count). The van der Waals surface area contributed by atoms with Gasteiger partial charge in [0.1, 0.15) is 0 Å². The van der Waals surface area contributed by atoms with Crippen LogP contribution in [0.15, 0.2) is 11.1 Å². The zero-order valence-electron chi connectivity index (χ0n) is 3.18. The van der Waals surface area contributed by atoms with Gasteiger partial charge in [0, 0.05) is 6.21 Å². The number of hydrogen-bond acceptors (Lipinski definition) is 3. The van der Waals surface area contributed by atoms with Crippen LogP contribution in [0.3, 0.4) is 0 Å². The van der Waals surface area contributed by atoms with Gasteiger partial charge >= 0.3 is 0 Å². The molecule has 3 heteroatoms. The lowest BCUT2D eigenvalue weighted by atomic mass is 10.7. The Bertz CT molecular complexity index is 72.9. The summed E-state index contributed by atoms with van der Waals surface area (Å²) in [5.74, 6) is 0. The fourth-order valence-corrected chi connectivity index (χ4v) is 0.160. The Kier molecular flexibility index (Phi) is 2.58. The van der Waals surface area contributed by atoms with Gasteiger partial charge in [0.05, 0.1) is 5.03 Å². The topological polar surface area (TPSA) is 49.9 Å². The number of nitrogens with two attached hydrogens (primary N) is 1. The molecule has 0 bridgehead atoms. The van der Waals surface area contributed by atoms with Gasteiger partial charge in [-0.15, -0.1) is 12.6 Å². The molecule has 6 heavy (non-hydrogen) atoms. The van der Waals surface area contributed by atoms with Crippen molar-refractivity contribution >= 4 is 18.8 Å². The van der Waals surface area contributed by atoms with E-state index in [4.69, 9.17) is 11.1 Å². The highest BCUT2D eigenvalue weighted by molar-refractivity contribution is 7.84. The third-order valence-electron chi connectivity index (χ3n) is 0.254. The van der Waals surface area contributed by atoms with Crippen molar-refractivity contribution in [2.45, 2.75) is 0 Å². The molecule has 0 heterocycles. The minimum Gasteiger partial charge on any atom is -0.394 e. The largest absolute Gasteiger partial charge is 0.394 e. The predicted octanol–water partition coefficient (Wildman–Crippen LogP) is 0.366. The molecule has 0 saturated carbocycles. The first kappa shape index (κ1) is 5.56. The molecule has 0 aromatic rings. The van der Waals surface area contributed by atoms with E-state index in [9.17, 15) is 0 Å². The summed E-state index contributed by atoms with van der Waals surface area (Å²) >= 11 is 3.67. The Hall–Kier alpha value is -0.440. The van der Waals surface area contributed by atoms with Crippen molar-refractivity contribution in [1.29, 1.82) is 5.41 Å². The molecular weight excluding hydrogens is 96.1 g/mol. The van der Waals surface area contributed by atoms with Crippen LogP contribution in [-0.4, -0.2) is 6.21 Å². The molecule has 0 saturated heterocycles. The first-order valence-electron chi connectivity index (χ1n) is 1.42. The van der Waals surface area contributed by atoms with Gasteiger partial charge in [-0.1, -0.05) is 0 Å². The Morgan fingerprint density at radius 3 is 2.33 bits per heavy atom. The molecule has 0 spiro atoms. The molecule has 2 nitrogen and oxygen atoms in total. The maximum atomic E-state index is 6.40. The highest BCUT2D eigenvalue weighted by atomic mass is 32.1. The summed E-state index contributed by atoms with van der Waals surface area (Å²) in [6.45, 7) is 0. The quantitative estimate of drug-likeness (QED) is 0.325. The van der Waals surface area contributed by atoms with Gasteiger partial charge in [-0.3, -0.25) is 0 Å². The number of thiol groups is 1. The third kappa shape index (κ3) is 3.56. The summed E-state index contributed by atoms with van der Waals surface area (Å²) in [5.41, 5.74) is 4.98. The SMILES string of the molecule is N=C/C=C(/N)S. The second kappa shape index (κ2) is 2.78. The van der Waals surface area contributed by atoms with Crippen molar-refractivity contribution in [3.8, 4) is 0 Å². The third-order valence-corrected chi connectivity index (χ3v) is 0.403. The lowest BCUT2D eigenvalue weighted by Gasteiger charge is -1.76. The molecule has 0 aliphatic heterocycles. The molecule has 34 valence electrons. The summed E-state index contributed by atoms with van der Waals surface area (Å²) in [4.78, 5) is 0. The van der Waals surface area contributed by atoms with Crippen molar-refractivity contribution in [2.24, 2.45) is 5.73 Å². The zero-order chi connectivity index (χ0) is 4.99. The summed E-state index contributed by atoms with van der Waals surface area (Å²) in [5, 5.41) is 6.77. The molecule has 0 aliphatic rings. The van der Waals surface area contributed by atoms with E-state index in [2.05, 4.69) is 12.6 Å². The molecular formula is C3H6N2S. The molecule has 0 aromatic carbocycles. The van der Waals surface area contributed by atoms with Crippen LogP contribution in [0.1, 0.15) is 0 Å². The van der Waals surface area contributed by atoms with Crippen molar-refractivity contribution in [2.75, 3.05) is 0 Å². The fraction of sp³-hybridized carbons (Fsp3) is 0. The van der Waals surface area contributed by atoms with Crippen molar-refractivity contribution < 1.29 is 0 Å². The first-order chi connectivity index (χ1) is 2.77. The van der Waals surface area contributed by atoms with Crippen LogP contribution < -0.4 is 5.73 Å². The minimum absolute atomic E-state index is 0.366. The average Bonchev–Trinajstić information content (AvgIpc) is 1.35. The Morgan fingerprint density at radius 1 is 1.83 bits per heavy atom. The van der Waals surface area contributed by atoms with Gasteiger partial charge in [-0.05, 0) is 6.08 Å². The van der Waals surface area contributed by atoms with Crippen LogP contribution in [0, 0.1) is 5.41 Å². The normalized spacial score (nSPS) is 11.2. The molecule has 0 amide bonds. The Morgan fingerprint density at radius 2 is 2.33 bits per heavy atom. The molecule has 0 unspecified atom stereocenters. The summed E-state index contributed by atoms with van der Waals surface area (Å²) in [6, 6.07) is 0. The van der Waals surface area contributed by atoms with Crippen LogP contribution in [-0.2, 0) is 0 Å². The lowest BCUT2D eigenvalue weighted by molar-refractivity contribution is 1.54. The maximum absolute atomic E-state index is 6.40. The molecule has 0 aliphatic carbocycles. The van der Waals surface area contributed by atoms with Crippen LogP contribution in [0.5, 0.6) is 0 Å². The number of nitrogens with one attached hydrogen (secondary N) is 1. The second-order valence-electron chi connectivity index (χ2n) is 0.758. The van der Waals surface area contributed by atoms with E-state index in [1.54, 1.807) is 0 Å². The standard InChI is InChI=1S/C3H6N2S/c4-2-1-3(5)6/h1-2,4,6H,5H2/b3-1-,4-2?. The molecule has 0 aromatic heterocycles. The van der Waals surface area contributed by atoms with E-state index in [1.807, 2.05) is 0 Å². The van der Waals surface area contributed by atoms with Crippen molar-refractivity contribution in [1.82, 2.24) is 0 Å². The highest BCUT2D eigenvalue weighted by Crippen LogP contribution is 1.82. The van der Waals surface area contributed by atoms with E-state index in [1.165, 1.54) is 6.08 Å². The second-order valence-corrected chi connectivity index (χ2v) is 1.27. The Balaban J connectivity index is 3.41. The lowest BCUT2D eigenvalue weighted by Crippen LogP contribution is -1.85. The highest BCUT2D eigenvalue weighted by Gasteiger charge is 1.65. The minimum atomic E-state index is 0.366. The van der Waals surface area contributed by atoms with E-state index < -0.39 is 0 Å². The van der Waals surface area contributed by atoms with Crippen molar-refractivity contribution in [3.63, 3.8) is 0 Å². The zero-order valence-corrected chi connectivity index (χ0v) is 4.07. The number of allylic oxidation sites excluding steroid dienone is 1. The van der Waals surface area contributed by atoms with Crippen LogP contribution in [0.2, 0.25) is 0 Å².